The number of hydrogen-bond acceptors (Lipinski definition) is 2. The first kappa shape index (κ1) is 13.4. The number of ketones is 1. The van der Waals surface area contributed by atoms with Crippen LogP contribution in [0.15, 0.2) is 11.1 Å². The minimum absolute atomic E-state index is 0.167. The first-order valence-corrected chi connectivity index (χ1v) is 6.39. The Morgan fingerprint density at radius 3 is 2.31 bits per heavy atom. The summed E-state index contributed by atoms with van der Waals surface area (Å²) in [6, 6.07) is 0. The molecule has 2 nitrogen and oxygen atoms in total. The molecule has 0 radical (unpaired) electrons. The lowest BCUT2D eigenvalue weighted by molar-refractivity contribution is -0.126. The van der Waals surface area contributed by atoms with Crippen molar-refractivity contribution in [1.29, 1.82) is 0 Å². The van der Waals surface area contributed by atoms with Gasteiger partial charge in [-0.05, 0) is 43.3 Å². The zero-order chi connectivity index (χ0) is 12.5. The van der Waals surface area contributed by atoms with E-state index in [0.717, 1.165) is 24.0 Å². The molecule has 0 spiro atoms. The van der Waals surface area contributed by atoms with Crippen molar-refractivity contribution < 1.29 is 9.90 Å². The summed E-state index contributed by atoms with van der Waals surface area (Å²) < 4.78 is 0. The number of allylic oxidation sites excluding steroid dienone is 1. The summed E-state index contributed by atoms with van der Waals surface area (Å²) in [6.45, 7) is 10.1. The molecule has 92 valence electrons. The highest BCUT2D eigenvalue weighted by atomic mass is 16.3. The summed E-state index contributed by atoms with van der Waals surface area (Å²) in [4.78, 5) is 12.3. The van der Waals surface area contributed by atoms with Gasteiger partial charge in [-0.25, -0.2) is 0 Å². The average Bonchev–Trinajstić information content (AvgIpc) is 2.49. The minimum Gasteiger partial charge on any atom is -0.388 e. The van der Waals surface area contributed by atoms with Gasteiger partial charge >= 0.3 is 0 Å². The molecule has 0 aliphatic heterocycles. The fourth-order valence-electron chi connectivity index (χ4n) is 2.61. The van der Waals surface area contributed by atoms with E-state index in [4.69, 9.17) is 0 Å². The van der Waals surface area contributed by atoms with E-state index in [9.17, 15) is 9.90 Å². The third-order valence-electron chi connectivity index (χ3n) is 4.27. The molecule has 0 bridgehead atoms. The molecule has 1 aliphatic rings. The third kappa shape index (κ3) is 1.73. The molecule has 0 fully saturated rings. The lowest BCUT2D eigenvalue weighted by Gasteiger charge is -2.28. The smallest absolute Gasteiger partial charge is 0.167 e. The second kappa shape index (κ2) is 4.70. The van der Waals surface area contributed by atoms with Gasteiger partial charge < -0.3 is 5.11 Å². The summed E-state index contributed by atoms with van der Waals surface area (Å²) in [5.74, 6) is 0.475. The molecule has 16 heavy (non-hydrogen) atoms. The van der Waals surface area contributed by atoms with Crippen LogP contribution < -0.4 is 0 Å². The maximum Gasteiger partial charge on any atom is 0.167 e. The van der Waals surface area contributed by atoms with Gasteiger partial charge in [0, 0.05) is 0 Å². The maximum atomic E-state index is 12.3. The van der Waals surface area contributed by atoms with Gasteiger partial charge in [-0.15, -0.1) is 0 Å². The molecule has 0 aromatic rings. The van der Waals surface area contributed by atoms with Gasteiger partial charge in [-0.1, -0.05) is 27.7 Å². The van der Waals surface area contributed by atoms with Crippen molar-refractivity contribution in [3.63, 3.8) is 0 Å². The second-order valence-electron chi connectivity index (χ2n) is 5.10. The lowest BCUT2D eigenvalue weighted by atomic mass is 9.78. The fourth-order valence-corrected chi connectivity index (χ4v) is 2.61. The van der Waals surface area contributed by atoms with Gasteiger partial charge in [0.25, 0.3) is 0 Å². The van der Waals surface area contributed by atoms with Crippen molar-refractivity contribution in [3.8, 4) is 0 Å². The largest absolute Gasteiger partial charge is 0.388 e. The van der Waals surface area contributed by atoms with Crippen LogP contribution in [0.4, 0.5) is 0 Å². The standard InChI is InChI=1S/C14H24O2/c1-6-9(4)11-10(7-2)12(15)14(5,8-3)13(11)16/h9,13,16H,6-8H2,1-5H3/t9-,13-,14+/m1/s1. The van der Waals surface area contributed by atoms with E-state index in [-0.39, 0.29) is 5.78 Å². The van der Waals surface area contributed by atoms with Crippen molar-refractivity contribution in [2.24, 2.45) is 11.3 Å². The van der Waals surface area contributed by atoms with E-state index in [1.54, 1.807) is 0 Å². The summed E-state index contributed by atoms with van der Waals surface area (Å²) in [5, 5.41) is 10.4. The third-order valence-corrected chi connectivity index (χ3v) is 4.27. The van der Waals surface area contributed by atoms with Crippen LogP contribution in [0, 0.1) is 11.3 Å². The molecule has 0 saturated carbocycles. The van der Waals surface area contributed by atoms with Crippen LogP contribution in [0.25, 0.3) is 0 Å². The number of aliphatic hydroxyl groups is 1. The first-order valence-electron chi connectivity index (χ1n) is 6.39. The van der Waals surface area contributed by atoms with E-state index in [1.807, 2.05) is 20.8 Å². The number of Topliss-reactive ketones (excluding diaryl/α,β-unsaturated/α-hetero) is 1. The number of carbonyl (C=O) groups excluding carboxylic acids is 1. The molecule has 0 unspecified atom stereocenters. The Bertz CT molecular complexity index is 317. The van der Waals surface area contributed by atoms with E-state index >= 15 is 0 Å². The van der Waals surface area contributed by atoms with Gasteiger partial charge in [0.15, 0.2) is 5.78 Å². The number of rotatable bonds is 4. The van der Waals surface area contributed by atoms with Crippen LogP contribution in [0.5, 0.6) is 0 Å². The highest BCUT2D eigenvalue weighted by molar-refractivity contribution is 6.04. The molecular weight excluding hydrogens is 200 g/mol. The molecule has 3 atom stereocenters. The monoisotopic (exact) mass is 224 g/mol. The molecule has 1 N–H and O–H groups in total. The predicted octanol–water partition coefficient (Wildman–Crippen LogP) is 3.10. The van der Waals surface area contributed by atoms with E-state index < -0.39 is 11.5 Å². The van der Waals surface area contributed by atoms with Crippen molar-refractivity contribution >= 4 is 5.78 Å². The predicted molar refractivity (Wildman–Crippen MR) is 66.2 cm³/mol. The molecule has 0 aromatic heterocycles. The summed E-state index contributed by atoms with van der Waals surface area (Å²) in [6.07, 6.45) is 1.85. The van der Waals surface area contributed by atoms with Crippen LogP contribution in [0.3, 0.4) is 0 Å². The van der Waals surface area contributed by atoms with Crippen molar-refractivity contribution in [2.75, 3.05) is 0 Å². The van der Waals surface area contributed by atoms with Gasteiger partial charge in [-0.2, -0.15) is 0 Å². The normalized spacial score (nSPS) is 32.4. The Balaban J connectivity index is 3.21. The van der Waals surface area contributed by atoms with E-state index in [2.05, 4.69) is 13.8 Å². The highest BCUT2D eigenvalue weighted by Crippen LogP contribution is 2.45. The zero-order valence-corrected chi connectivity index (χ0v) is 11.1. The van der Waals surface area contributed by atoms with Gasteiger partial charge in [0.1, 0.15) is 0 Å². The highest BCUT2D eigenvalue weighted by Gasteiger charge is 2.49. The van der Waals surface area contributed by atoms with Gasteiger partial charge in [-0.3, -0.25) is 4.79 Å². The van der Waals surface area contributed by atoms with Crippen LogP contribution in [-0.4, -0.2) is 17.0 Å². The van der Waals surface area contributed by atoms with E-state index in [0.29, 0.717) is 12.3 Å². The van der Waals surface area contributed by atoms with Crippen LogP contribution >= 0.6 is 0 Å². The Morgan fingerprint density at radius 1 is 1.38 bits per heavy atom. The SMILES string of the molecule is CCC1=C([C@H](C)CC)[C@@H](O)[C@@](C)(CC)C1=O. The molecule has 2 heteroatoms. The Labute approximate surface area is 98.7 Å². The quantitative estimate of drug-likeness (QED) is 0.796. The Kier molecular flexibility index (Phi) is 3.95. The van der Waals surface area contributed by atoms with Crippen molar-refractivity contribution in [1.82, 2.24) is 0 Å². The molecule has 0 aromatic carbocycles. The molecule has 0 heterocycles. The second-order valence-corrected chi connectivity index (χ2v) is 5.10. The van der Waals surface area contributed by atoms with Crippen molar-refractivity contribution in [3.05, 3.63) is 11.1 Å². The average molecular weight is 224 g/mol. The Hall–Kier alpha value is -0.630. The Morgan fingerprint density at radius 2 is 1.94 bits per heavy atom. The van der Waals surface area contributed by atoms with E-state index in [1.165, 1.54) is 0 Å². The van der Waals surface area contributed by atoms with Crippen LogP contribution in [0.1, 0.15) is 53.9 Å². The minimum atomic E-state index is -0.579. The molecule has 1 rings (SSSR count). The zero-order valence-electron chi connectivity index (χ0n) is 11.1. The molecular formula is C14H24O2. The lowest BCUT2D eigenvalue weighted by Crippen LogP contribution is -2.35. The maximum absolute atomic E-state index is 12.3. The fraction of sp³-hybridized carbons (Fsp3) is 0.786. The molecule has 1 aliphatic carbocycles. The summed E-state index contributed by atoms with van der Waals surface area (Å²) >= 11 is 0. The van der Waals surface area contributed by atoms with Crippen LogP contribution in [0.2, 0.25) is 0 Å². The summed E-state index contributed by atoms with van der Waals surface area (Å²) in [7, 11) is 0. The van der Waals surface area contributed by atoms with Crippen molar-refractivity contribution in [2.45, 2.75) is 60.0 Å². The van der Waals surface area contributed by atoms with Gasteiger partial charge in [0.05, 0.1) is 11.5 Å². The molecule has 0 saturated heterocycles. The topological polar surface area (TPSA) is 37.3 Å². The molecule has 0 amide bonds. The van der Waals surface area contributed by atoms with Crippen LogP contribution in [-0.2, 0) is 4.79 Å². The van der Waals surface area contributed by atoms with Gasteiger partial charge in [0.2, 0.25) is 0 Å². The first-order chi connectivity index (χ1) is 7.43. The number of aliphatic hydroxyl groups excluding tert-OH is 1. The number of hydrogen-bond donors (Lipinski definition) is 1. The summed E-state index contributed by atoms with van der Waals surface area (Å²) in [5.41, 5.74) is 1.30. The number of carbonyl (C=O) groups is 1.